The second kappa shape index (κ2) is 70.3. The quantitative estimate of drug-likeness (QED) is 0.0261. The Morgan fingerprint density at radius 2 is 0.470 bits per heavy atom. The van der Waals surface area contributed by atoms with Gasteiger partial charge in [-0.2, -0.15) is 0 Å². The van der Waals surface area contributed by atoms with E-state index in [4.69, 9.17) is 14.2 Å². The minimum Gasteiger partial charge on any atom is -0.462 e. The van der Waals surface area contributed by atoms with E-state index in [0.29, 0.717) is 19.3 Å². The van der Waals surface area contributed by atoms with Crippen LogP contribution in [0.4, 0.5) is 0 Å². The largest absolute Gasteiger partial charge is 0.462 e. The van der Waals surface area contributed by atoms with E-state index in [0.717, 1.165) is 128 Å². The molecule has 0 rings (SSSR count). The van der Waals surface area contributed by atoms with E-state index in [2.05, 4.69) is 142 Å². The van der Waals surface area contributed by atoms with Crippen molar-refractivity contribution in [1.82, 2.24) is 0 Å². The zero-order chi connectivity index (χ0) is 59.9. The van der Waals surface area contributed by atoms with E-state index in [1.54, 1.807) is 0 Å². The van der Waals surface area contributed by atoms with E-state index in [9.17, 15) is 14.4 Å². The first-order valence-corrected chi connectivity index (χ1v) is 35.0. The monoisotopic (exact) mass is 1150 g/mol. The topological polar surface area (TPSA) is 78.9 Å². The van der Waals surface area contributed by atoms with Crippen LogP contribution in [0.2, 0.25) is 0 Å². The van der Waals surface area contributed by atoms with Gasteiger partial charge in [0.2, 0.25) is 0 Å². The fourth-order valence-corrected chi connectivity index (χ4v) is 9.73. The summed E-state index contributed by atoms with van der Waals surface area (Å²) < 4.78 is 17.0. The second-order valence-electron chi connectivity index (χ2n) is 23.1. The van der Waals surface area contributed by atoms with E-state index in [-0.39, 0.29) is 31.1 Å². The summed E-state index contributed by atoms with van der Waals surface area (Å²) in [5, 5.41) is 0. The van der Waals surface area contributed by atoms with E-state index in [1.807, 2.05) is 0 Å². The molecule has 6 nitrogen and oxygen atoms in total. The Kier molecular flexibility index (Phi) is 66.7. The van der Waals surface area contributed by atoms with Crippen molar-refractivity contribution < 1.29 is 28.6 Å². The predicted octanol–water partition coefficient (Wildman–Crippen LogP) is 24.3. The zero-order valence-corrected chi connectivity index (χ0v) is 54.4. The van der Waals surface area contributed by atoms with Gasteiger partial charge in [-0.25, -0.2) is 0 Å². The molecule has 0 aromatic heterocycles. The molecule has 6 heteroatoms. The Hall–Kier alpha value is -4.19. The Morgan fingerprint density at radius 3 is 0.735 bits per heavy atom. The van der Waals surface area contributed by atoms with Crippen LogP contribution in [0.1, 0.15) is 329 Å². The molecule has 0 radical (unpaired) electrons. The first-order chi connectivity index (χ1) is 41.0. The number of rotatable bonds is 63. The van der Waals surface area contributed by atoms with Crippen molar-refractivity contribution in [3.8, 4) is 0 Å². The van der Waals surface area contributed by atoms with Crippen molar-refractivity contribution in [3.05, 3.63) is 122 Å². The van der Waals surface area contributed by atoms with Crippen LogP contribution in [0.3, 0.4) is 0 Å². The summed E-state index contributed by atoms with van der Waals surface area (Å²) in [6.07, 6.45) is 97.8. The molecule has 0 spiro atoms. The molecule has 0 aliphatic carbocycles. The molecule has 0 saturated heterocycles. The van der Waals surface area contributed by atoms with Crippen LogP contribution in [0.25, 0.3) is 0 Å². The smallest absolute Gasteiger partial charge is 0.306 e. The highest BCUT2D eigenvalue weighted by atomic mass is 16.6. The molecule has 1 atom stereocenters. The third kappa shape index (κ3) is 68.5. The van der Waals surface area contributed by atoms with Gasteiger partial charge in [-0.05, 0) is 116 Å². The number of carbonyl (C=O) groups is 3. The fraction of sp³-hybridized carbons (Fsp3) is 0.701. The molecule has 0 heterocycles. The number of allylic oxidation sites excluding steroid dienone is 20. The molecular formula is C77H130O6. The molecule has 0 fully saturated rings. The number of carbonyl (C=O) groups excluding carboxylic acids is 3. The summed E-state index contributed by atoms with van der Waals surface area (Å²) in [5.74, 6) is -0.903. The maximum atomic E-state index is 13.0. The van der Waals surface area contributed by atoms with Gasteiger partial charge in [0, 0.05) is 19.3 Å². The average Bonchev–Trinajstić information content (AvgIpc) is 3.49. The molecule has 0 N–H and O–H groups in total. The van der Waals surface area contributed by atoms with Crippen LogP contribution in [0.5, 0.6) is 0 Å². The molecule has 0 saturated carbocycles. The first kappa shape index (κ1) is 78.8. The maximum absolute atomic E-state index is 13.0. The molecule has 474 valence electrons. The summed E-state index contributed by atoms with van der Waals surface area (Å²) in [6.45, 7) is 6.52. The first-order valence-electron chi connectivity index (χ1n) is 35.0. The van der Waals surface area contributed by atoms with Crippen LogP contribution >= 0.6 is 0 Å². The van der Waals surface area contributed by atoms with Crippen molar-refractivity contribution >= 4 is 17.9 Å². The third-order valence-electron chi connectivity index (χ3n) is 15.0. The van der Waals surface area contributed by atoms with Gasteiger partial charge in [0.25, 0.3) is 0 Å². The minimum absolute atomic E-state index is 0.0860. The highest BCUT2D eigenvalue weighted by molar-refractivity contribution is 5.71. The zero-order valence-electron chi connectivity index (χ0n) is 54.4. The normalized spacial score (nSPS) is 12.9. The van der Waals surface area contributed by atoms with Crippen LogP contribution in [0.15, 0.2) is 122 Å². The van der Waals surface area contributed by atoms with Gasteiger partial charge < -0.3 is 14.2 Å². The fourth-order valence-electron chi connectivity index (χ4n) is 9.73. The number of unbranched alkanes of at least 4 members (excludes halogenated alkanes) is 32. The van der Waals surface area contributed by atoms with Gasteiger partial charge in [-0.3, -0.25) is 14.4 Å². The van der Waals surface area contributed by atoms with Gasteiger partial charge in [0.05, 0.1) is 0 Å². The van der Waals surface area contributed by atoms with Crippen LogP contribution in [0, 0.1) is 0 Å². The van der Waals surface area contributed by atoms with Crippen molar-refractivity contribution in [2.45, 2.75) is 335 Å². The second-order valence-corrected chi connectivity index (χ2v) is 23.1. The lowest BCUT2D eigenvalue weighted by molar-refractivity contribution is -0.167. The number of hydrogen-bond acceptors (Lipinski definition) is 6. The van der Waals surface area contributed by atoms with Crippen molar-refractivity contribution in [3.63, 3.8) is 0 Å². The summed E-state index contributed by atoms with van der Waals surface area (Å²) in [7, 11) is 0. The summed E-state index contributed by atoms with van der Waals surface area (Å²) in [4.78, 5) is 38.4. The number of hydrogen-bond donors (Lipinski definition) is 0. The van der Waals surface area contributed by atoms with Gasteiger partial charge in [-0.15, -0.1) is 0 Å². The molecular weight excluding hydrogens is 1020 g/mol. The molecule has 0 bridgehead atoms. The third-order valence-corrected chi connectivity index (χ3v) is 15.0. The van der Waals surface area contributed by atoms with E-state index < -0.39 is 6.10 Å². The summed E-state index contributed by atoms with van der Waals surface area (Å²) in [6, 6.07) is 0. The SMILES string of the molecule is CC/C=C\C/C=C\C/C=C\C/C=C\C/C=C\C/C=C\C/C=C\C/C=C\CCCCCCC(=O)OCC(COC(=O)CCCCCCCCCCCCCCC)OC(=O)CCCCCCCCCCCCC/C=C\C/C=C\CCCCCCC. The average molecular weight is 1150 g/mol. The van der Waals surface area contributed by atoms with E-state index in [1.165, 1.54) is 161 Å². The van der Waals surface area contributed by atoms with Crippen molar-refractivity contribution in [2.75, 3.05) is 13.2 Å². The Bertz CT molecular complexity index is 1700. The molecule has 0 aliphatic rings. The summed E-state index contributed by atoms with van der Waals surface area (Å²) >= 11 is 0. The molecule has 0 aromatic rings. The maximum Gasteiger partial charge on any atom is 0.306 e. The highest BCUT2D eigenvalue weighted by Crippen LogP contribution is 2.16. The lowest BCUT2D eigenvalue weighted by atomic mass is 10.0. The molecule has 0 aliphatic heterocycles. The van der Waals surface area contributed by atoms with Crippen LogP contribution in [-0.4, -0.2) is 37.2 Å². The molecule has 0 aromatic carbocycles. The molecule has 0 amide bonds. The standard InChI is InChI=1S/C77H130O6/c1-4-7-10-13-16-19-22-25-27-29-31-33-35-36-37-38-39-40-42-43-45-47-49-52-55-58-61-64-67-70-76(79)82-73-74(72-81-75(78)69-66-63-60-57-54-51-24-21-18-15-12-9-6-3)83-77(80)71-68-65-62-59-56-53-50-48-46-44-41-34-32-30-28-26-23-20-17-14-11-8-5-2/h7,10,16,19,23,25-27,30-33,36-37,39-40,43,45,49,52,74H,4-6,8-9,11-15,17-18,20-22,24,28-29,34-35,38,41-42,44,46-48,50-51,53-73H2,1-3H3/b10-7-,19-16-,26-23-,27-25-,32-30-,33-31-,37-36-,40-39-,45-43-,52-49-. The van der Waals surface area contributed by atoms with E-state index >= 15 is 0 Å². The van der Waals surface area contributed by atoms with Gasteiger partial charge in [0.15, 0.2) is 6.10 Å². The predicted molar refractivity (Wildman–Crippen MR) is 362 cm³/mol. The van der Waals surface area contributed by atoms with Crippen molar-refractivity contribution in [1.29, 1.82) is 0 Å². The minimum atomic E-state index is -0.793. The van der Waals surface area contributed by atoms with Crippen LogP contribution in [-0.2, 0) is 28.6 Å². The summed E-state index contributed by atoms with van der Waals surface area (Å²) in [5.41, 5.74) is 0. The van der Waals surface area contributed by atoms with Gasteiger partial charge in [0.1, 0.15) is 13.2 Å². The van der Waals surface area contributed by atoms with Crippen molar-refractivity contribution in [2.24, 2.45) is 0 Å². The Labute approximate surface area is 513 Å². The number of esters is 3. The molecule has 83 heavy (non-hydrogen) atoms. The molecule has 1 unspecified atom stereocenters. The highest BCUT2D eigenvalue weighted by Gasteiger charge is 2.19. The Balaban J connectivity index is 4.37. The van der Waals surface area contributed by atoms with Gasteiger partial charge in [-0.1, -0.05) is 316 Å². The van der Waals surface area contributed by atoms with Gasteiger partial charge >= 0.3 is 17.9 Å². The lowest BCUT2D eigenvalue weighted by Crippen LogP contribution is -2.30. The van der Waals surface area contributed by atoms with Crippen LogP contribution < -0.4 is 0 Å². The lowest BCUT2D eigenvalue weighted by Gasteiger charge is -2.18. The number of ether oxygens (including phenoxy) is 3. The Morgan fingerprint density at radius 1 is 0.253 bits per heavy atom.